The van der Waals surface area contributed by atoms with E-state index in [2.05, 4.69) is 22.2 Å². The molecule has 98 valence electrons. The van der Waals surface area contributed by atoms with Crippen LogP contribution in [0.5, 0.6) is 0 Å². The molecular weight excluding hydrogens is 236 g/mol. The van der Waals surface area contributed by atoms with Gasteiger partial charge in [0.15, 0.2) is 0 Å². The van der Waals surface area contributed by atoms with E-state index in [1.54, 1.807) is 6.20 Å². The molecule has 0 saturated heterocycles. The first-order chi connectivity index (χ1) is 9.29. The minimum absolute atomic E-state index is 0.468. The van der Waals surface area contributed by atoms with Gasteiger partial charge in [-0.1, -0.05) is 19.8 Å². The van der Waals surface area contributed by atoms with E-state index in [0.717, 1.165) is 11.2 Å². The van der Waals surface area contributed by atoms with Gasteiger partial charge in [-0.3, -0.25) is 0 Å². The summed E-state index contributed by atoms with van der Waals surface area (Å²) in [4.78, 5) is 3.60. The third kappa shape index (κ3) is 2.17. The van der Waals surface area contributed by atoms with Gasteiger partial charge >= 0.3 is 0 Å². The predicted molar refractivity (Wildman–Crippen MR) is 76.5 cm³/mol. The molecule has 1 saturated carbocycles. The summed E-state index contributed by atoms with van der Waals surface area (Å²) in [5.74, 6) is 0.663. The zero-order valence-electron chi connectivity index (χ0n) is 11.1. The van der Waals surface area contributed by atoms with Crippen molar-refractivity contribution in [1.29, 1.82) is 0 Å². The molecule has 2 heterocycles. The molecule has 4 heteroatoms. The van der Waals surface area contributed by atoms with Crippen molar-refractivity contribution in [2.45, 2.75) is 38.6 Å². The molecule has 1 N–H and O–H groups in total. The number of hydrogen-bond acceptors (Lipinski definition) is 2. The SMILES string of the molecule is [C-]#[N+]c1cnn2cccc2c1N[C@H]1CCCC[C@H]1C. The van der Waals surface area contributed by atoms with Gasteiger partial charge in [0.2, 0.25) is 5.69 Å². The molecule has 4 nitrogen and oxygen atoms in total. The minimum Gasteiger partial charge on any atom is -0.389 e. The molecule has 0 radical (unpaired) electrons. The Morgan fingerprint density at radius 1 is 1.42 bits per heavy atom. The lowest BCUT2D eigenvalue weighted by Crippen LogP contribution is -2.30. The third-order valence-electron chi connectivity index (χ3n) is 4.11. The number of nitrogens with zero attached hydrogens (tertiary/aromatic N) is 3. The van der Waals surface area contributed by atoms with E-state index in [0.29, 0.717) is 17.6 Å². The molecule has 0 aromatic carbocycles. The van der Waals surface area contributed by atoms with Crippen LogP contribution in [0.15, 0.2) is 24.5 Å². The van der Waals surface area contributed by atoms with Crippen LogP contribution < -0.4 is 5.32 Å². The molecule has 1 aliphatic carbocycles. The molecule has 1 fully saturated rings. The maximum Gasteiger partial charge on any atom is 0.231 e. The van der Waals surface area contributed by atoms with Gasteiger partial charge < -0.3 is 5.32 Å². The summed E-state index contributed by atoms with van der Waals surface area (Å²) in [6.07, 6.45) is 8.62. The Morgan fingerprint density at radius 3 is 3.05 bits per heavy atom. The van der Waals surface area contributed by atoms with Gasteiger partial charge in [0.25, 0.3) is 0 Å². The fourth-order valence-electron chi connectivity index (χ4n) is 2.93. The number of nitrogens with one attached hydrogen (secondary N) is 1. The molecule has 0 unspecified atom stereocenters. The third-order valence-corrected chi connectivity index (χ3v) is 4.11. The summed E-state index contributed by atoms with van der Waals surface area (Å²) < 4.78 is 1.82. The van der Waals surface area contributed by atoms with E-state index in [4.69, 9.17) is 6.57 Å². The lowest BCUT2D eigenvalue weighted by molar-refractivity contribution is 0.350. The molecule has 0 spiro atoms. The highest BCUT2D eigenvalue weighted by molar-refractivity contribution is 5.84. The second kappa shape index (κ2) is 4.93. The number of rotatable bonds is 2. The highest BCUT2D eigenvalue weighted by atomic mass is 15.2. The summed E-state index contributed by atoms with van der Waals surface area (Å²) in [7, 11) is 0. The van der Waals surface area contributed by atoms with Crippen molar-refractivity contribution in [1.82, 2.24) is 9.61 Å². The Balaban J connectivity index is 1.98. The molecule has 1 aliphatic rings. The van der Waals surface area contributed by atoms with E-state index in [9.17, 15) is 0 Å². The highest BCUT2D eigenvalue weighted by Crippen LogP contribution is 2.33. The monoisotopic (exact) mass is 254 g/mol. The maximum atomic E-state index is 7.32. The van der Waals surface area contributed by atoms with Gasteiger partial charge in [-0.25, -0.2) is 9.36 Å². The van der Waals surface area contributed by atoms with E-state index in [1.807, 2.05) is 22.8 Å². The van der Waals surface area contributed by atoms with Crippen molar-refractivity contribution in [2.24, 2.45) is 5.92 Å². The Kier molecular flexibility index (Phi) is 3.12. The lowest BCUT2D eigenvalue weighted by atomic mass is 9.86. The Labute approximate surface area is 113 Å². The van der Waals surface area contributed by atoms with E-state index in [-0.39, 0.29) is 0 Å². The highest BCUT2D eigenvalue weighted by Gasteiger charge is 2.22. The molecule has 2 aromatic heterocycles. The second-order valence-corrected chi connectivity index (χ2v) is 5.37. The average molecular weight is 254 g/mol. The van der Waals surface area contributed by atoms with Crippen molar-refractivity contribution in [2.75, 3.05) is 5.32 Å². The smallest absolute Gasteiger partial charge is 0.231 e. The number of fused-ring (bicyclic) bond motifs is 1. The molecule has 0 amide bonds. The maximum absolute atomic E-state index is 7.32. The van der Waals surface area contributed by atoms with Gasteiger partial charge in [-0.15, -0.1) is 0 Å². The van der Waals surface area contributed by atoms with Crippen molar-refractivity contribution >= 4 is 16.9 Å². The molecule has 0 aliphatic heterocycles. The summed E-state index contributed by atoms with van der Waals surface area (Å²) in [6, 6.07) is 4.44. The largest absolute Gasteiger partial charge is 0.389 e. The molecule has 0 bridgehead atoms. The normalized spacial score (nSPS) is 23.2. The fraction of sp³-hybridized carbons (Fsp3) is 0.467. The first kappa shape index (κ1) is 12.0. The summed E-state index contributed by atoms with van der Waals surface area (Å²) in [5, 5.41) is 7.85. The Hall–Kier alpha value is -2.02. The van der Waals surface area contributed by atoms with Crippen LogP contribution in [0.4, 0.5) is 11.4 Å². The Bertz CT molecular complexity index is 623. The van der Waals surface area contributed by atoms with Crippen molar-refractivity contribution in [3.8, 4) is 0 Å². The van der Waals surface area contributed by atoms with Crippen LogP contribution in [0.3, 0.4) is 0 Å². The van der Waals surface area contributed by atoms with Crippen LogP contribution in [-0.2, 0) is 0 Å². The summed E-state index contributed by atoms with van der Waals surface area (Å²) >= 11 is 0. The van der Waals surface area contributed by atoms with Gasteiger partial charge in [0.05, 0.1) is 24.0 Å². The van der Waals surface area contributed by atoms with Crippen LogP contribution in [0.25, 0.3) is 10.4 Å². The van der Waals surface area contributed by atoms with Crippen LogP contribution in [-0.4, -0.2) is 15.7 Å². The number of hydrogen-bond donors (Lipinski definition) is 1. The second-order valence-electron chi connectivity index (χ2n) is 5.37. The number of aromatic nitrogens is 2. The molecule has 2 aromatic rings. The van der Waals surface area contributed by atoms with Gasteiger partial charge in [-0.2, -0.15) is 5.10 Å². The molecular formula is C15H18N4. The minimum atomic E-state index is 0.468. The van der Waals surface area contributed by atoms with Gasteiger partial charge in [-0.05, 0) is 30.9 Å². The van der Waals surface area contributed by atoms with Gasteiger partial charge in [0, 0.05) is 12.2 Å². The first-order valence-electron chi connectivity index (χ1n) is 6.90. The van der Waals surface area contributed by atoms with Crippen LogP contribution >= 0.6 is 0 Å². The lowest BCUT2D eigenvalue weighted by Gasteiger charge is -2.31. The summed E-state index contributed by atoms with van der Waals surface area (Å²) in [6.45, 7) is 9.61. The molecule has 2 atom stereocenters. The van der Waals surface area contributed by atoms with E-state index < -0.39 is 0 Å². The standard InChI is InChI=1S/C15H18N4/c1-11-6-3-4-7-12(11)18-15-13(16-2)10-17-19-9-5-8-14(15)19/h5,8-12,18H,3-4,6-7H2,1H3/t11-,12+/m1/s1. The first-order valence-corrected chi connectivity index (χ1v) is 6.90. The van der Waals surface area contributed by atoms with Crippen molar-refractivity contribution in [3.05, 3.63) is 35.9 Å². The zero-order chi connectivity index (χ0) is 13.2. The van der Waals surface area contributed by atoms with Gasteiger partial charge in [0.1, 0.15) is 0 Å². The van der Waals surface area contributed by atoms with Crippen molar-refractivity contribution in [3.63, 3.8) is 0 Å². The topological polar surface area (TPSA) is 33.7 Å². The quantitative estimate of drug-likeness (QED) is 0.825. The van der Waals surface area contributed by atoms with Crippen LogP contribution in [0.1, 0.15) is 32.6 Å². The predicted octanol–water partition coefficient (Wildman–Crippen LogP) is 3.88. The Morgan fingerprint density at radius 2 is 2.26 bits per heavy atom. The molecule has 19 heavy (non-hydrogen) atoms. The van der Waals surface area contributed by atoms with E-state index in [1.165, 1.54) is 25.7 Å². The molecule has 3 rings (SSSR count). The zero-order valence-corrected chi connectivity index (χ0v) is 11.1. The van der Waals surface area contributed by atoms with Crippen LogP contribution in [0.2, 0.25) is 0 Å². The average Bonchev–Trinajstić information content (AvgIpc) is 2.90. The van der Waals surface area contributed by atoms with Crippen molar-refractivity contribution < 1.29 is 0 Å². The van der Waals surface area contributed by atoms with E-state index >= 15 is 0 Å². The fourth-order valence-corrected chi connectivity index (χ4v) is 2.93. The summed E-state index contributed by atoms with van der Waals surface area (Å²) in [5.41, 5.74) is 2.55. The number of anilines is 1. The van der Waals surface area contributed by atoms with Crippen LogP contribution in [0, 0.1) is 12.5 Å².